The van der Waals surface area contributed by atoms with Crippen LogP contribution in [0.3, 0.4) is 0 Å². The molecule has 0 fully saturated rings. The molecule has 1 N–H and O–H groups in total. The largest absolute Gasteiger partial charge is 0.396 e. The number of hydrogen-bond acceptors (Lipinski definition) is 2. The predicted octanol–water partition coefficient (Wildman–Crippen LogP) is 1.36. The van der Waals surface area contributed by atoms with Gasteiger partial charge in [-0.1, -0.05) is 0 Å². The molecule has 0 spiro atoms. The SMILES string of the molecule is OCCc1cnc(F)cc1I. The lowest BCUT2D eigenvalue weighted by Gasteiger charge is -1.99. The Kier molecular flexibility index (Phi) is 3.19. The Hall–Kier alpha value is -0.230. The average molecular weight is 267 g/mol. The monoisotopic (exact) mass is 267 g/mol. The van der Waals surface area contributed by atoms with Crippen molar-refractivity contribution in [1.82, 2.24) is 4.98 Å². The van der Waals surface area contributed by atoms with E-state index in [1.165, 1.54) is 12.3 Å². The number of aliphatic hydroxyl groups excluding tert-OH is 1. The standard InChI is InChI=1S/C7H7FINO/c8-7-3-6(9)5(1-2-11)4-10-7/h3-4,11H,1-2H2. The molecule has 11 heavy (non-hydrogen) atoms. The van der Waals surface area contributed by atoms with E-state index in [2.05, 4.69) is 4.98 Å². The van der Waals surface area contributed by atoms with E-state index in [1.54, 1.807) is 0 Å². The van der Waals surface area contributed by atoms with Crippen molar-refractivity contribution < 1.29 is 9.50 Å². The molecule has 0 amide bonds. The maximum Gasteiger partial charge on any atom is 0.213 e. The zero-order valence-electron chi connectivity index (χ0n) is 5.72. The minimum Gasteiger partial charge on any atom is -0.396 e. The first-order chi connectivity index (χ1) is 5.24. The van der Waals surface area contributed by atoms with Crippen LogP contribution in [0, 0.1) is 9.52 Å². The van der Waals surface area contributed by atoms with Crippen LogP contribution < -0.4 is 0 Å². The predicted molar refractivity (Wildman–Crippen MR) is 47.7 cm³/mol. The van der Waals surface area contributed by atoms with Crippen molar-refractivity contribution in [2.45, 2.75) is 6.42 Å². The molecule has 1 heterocycles. The Bertz CT molecular complexity index is 254. The third kappa shape index (κ3) is 2.37. The summed E-state index contributed by atoms with van der Waals surface area (Å²) in [5, 5.41) is 8.59. The Morgan fingerprint density at radius 1 is 1.64 bits per heavy atom. The van der Waals surface area contributed by atoms with Gasteiger partial charge in [0.05, 0.1) is 0 Å². The van der Waals surface area contributed by atoms with E-state index < -0.39 is 5.95 Å². The third-order valence-corrected chi connectivity index (χ3v) is 2.28. The summed E-state index contributed by atoms with van der Waals surface area (Å²) in [4.78, 5) is 3.48. The summed E-state index contributed by atoms with van der Waals surface area (Å²) in [7, 11) is 0. The van der Waals surface area contributed by atoms with Crippen LogP contribution in [-0.2, 0) is 6.42 Å². The number of aliphatic hydroxyl groups is 1. The minimum absolute atomic E-state index is 0.0727. The van der Waals surface area contributed by atoms with Gasteiger partial charge in [-0.3, -0.25) is 0 Å². The number of nitrogens with zero attached hydrogens (tertiary/aromatic N) is 1. The van der Waals surface area contributed by atoms with Crippen LogP contribution in [0.25, 0.3) is 0 Å². The van der Waals surface area contributed by atoms with Crippen molar-refractivity contribution in [1.29, 1.82) is 0 Å². The molecule has 0 aliphatic rings. The molecule has 1 rings (SSSR count). The van der Waals surface area contributed by atoms with Gasteiger partial charge in [-0.25, -0.2) is 4.98 Å². The molecule has 0 unspecified atom stereocenters. The first-order valence-electron chi connectivity index (χ1n) is 3.15. The maximum atomic E-state index is 12.4. The lowest BCUT2D eigenvalue weighted by molar-refractivity contribution is 0.299. The van der Waals surface area contributed by atoms with E-state index in [4.69, 9.17) is 5.11 Å². The maximum absolute atomic E-state index is 12.4. The molecule has 0 radical (unpaired) electrons. The van der Waals surface area contributed by atoms with Crippen molar-refractivity contribution in [3.63, 3.8) is 0 Å². The van der Waals surface area contributed by atoms with Crippen LogP contribution in [-0.4, -0.2) is 16.7 Å². The molecule has 0 atom stereocenters. The summed E-state index contributed by atoms with van der Waals surface area (Å²) in [6, 6.07) is 1.35. The molecule has 2 nitrogen and oxygen atoms in total. The summed E-state index contributed by atoms with van der Waals surface area (Å²) in [6.45, 7) is 0.0727. The van der Waals surface area contributed by atoms with Gasteiger partial charge in [0.2, 0.25) is 5.95 Å². The Labute approximate surface area is 77.6 Å². The van der Waals surface area contributed by atoms with Crippen molar-refractivity contribution in [2.24, 2.45) is 0 Å². The van der Waals surface area contributed by atoms with Crippen molar-refractivity contribution in [3.05, 3.63) is 27.3 Å². The molecule has 0 bridgehead atoms. The molecule has 1 aromatic rings. The highest BCUT2D eigenvalue weighted by atomic mass is 127. The lowest BCUT2D eigenvalue weighted by Crippen LogP contribution is -1.96. The van der Waals surface area contributed by atoms with Gasteiger partial charge in [0, 0.05) is 22.4 Å². The smallest absolute Gasteiger partial charge is 0.213 e. The summed E-state index contributed by atoms with van der Waals surface area (Å²) >= 11 is 2.02. The van der Waals surface area contributed by atoms with E-state index in [9.17, 15) is 4.39 Å². The van der Waals surface area contributed by atoms with Crippen molar-refractivity contribution in [3.8, 4) is 0 Å². The highest BCUT2D eigenvalue weighted by Gasteiger charge is 2.00. The zero-order valence-corrected chi connectivity index (χ0v) is 7.88. The highest BCUT2D eigenvalue weighted by molar-refractivity contribution is 14.1. The van der Waals surface area contributed by atoms with E-state index >= 15 is 0 Å². The molecular formula is C7H7FINO. The molecule has 0 saturated carbocycles. The normalized spacial score (nSPS) is 10.1. The van der Waals surface area contributed by atoms with Gasteiger partial charge in [0.15, 0.2) is 0 Å². The van der Waals surface area contributed by atoms with Crippen LogP contribution in [0.1, 0.15) is 5.56 Å². The summed E-state index contributed by atoms with van der Waals surface area (Å²) < 4.78 is 13.2. The second-order valence-electron chi connectivity index (χ2n) is 2.07. The van der Waals surface area contributed by atoms with Gasteiger partial charge in [0.25, 0.3) is 0 Å². The zero-order chi connectivity index (χ0) is 8.27. The third-order valence-electron chi connectivity index (χ3n) is 1.28. The van der Waals surface area contributed by atoms with Gasteiger partial charge in [0.1, 0.15) is 0 Å². The van der Waals surface area contributed by atoms with Crippen LogP contribution in [0.15, 0.2) is 12.3 Å². The Morgan fingerprint density at radius 2 is 2.36 bits per heavy atom. The van der Waals surface area contributed by atoms with E-state index in [0.29, 0.717) is 6.42 Å². The van der Waals surface area contributed by atoms with Crippen molar-refractivity contribution >= 4 is 22.6 Å². The number of pyridine rings is 1. The fraction of sp³-hybridized carbons (Fsp3) is 0.286. The number of halogens is 2. The fourth-order valence-electron chi connectivity index (χ4n) is 0.740. The number of rotatable bonds is 2. The lowest BCUT2D eigenvalue weighted by atomic mass is 10.2. The van der Waals surface area contributed by atoms with Crippen LogP contribution in [0.5, 0.6) is 0 Å². The van der Waals surface area contributed by atoms with E-state index in [1.807, 2.05) is 22.6 Å². The van der Waals surface area contributed by atoms with E-state index in [0.717, 1.165) is 9.13 Å². The summed E-state index contributed by atoms with van der Waals surface area (Å²) in [5.74, 6) is -0.476. The van der Waals surface area contributed by atoms with Gasteiger partial charge < -0.3 is 5.11 Å². The number of aromatic nitrogens is 1. The first kappa shape index (κ1) is 8.86. The topological polar surface area (TPSA) is 33.1 Å². The molecule has 0 saturated heterocycles. The fourth-order valence-corrected chi connectivity index (χ4v) is 1.41. The highest BCUT2D eigenvalue weighted by Crippen LogP contribution is 2.11. The summed E-state index contributed by atoms with van der Waals surface area (Å²) in [6.07, 6.45) is 1.98. The van der Waals surface area contributed by atoms with Crippen LogP contribution in [0.4, 0.5) is 4.39 Å². The molecule has 4 heteroatoms. The van der Waals surface area contributed by atoms with E-state index in [-0.39, 0.29) is 6.61 Å². The first-order valence-corrected chi connectivity index (χ1v) is 4.22. The van der Waals surface area contributed by atoms with Crippen molar-refractivity contribution in [2.75, 3.05) is 6.61 Å². The molecule has 0 aliphatic heterocycles. The summed E-state index contributed by atoms with van der Waals surface area (Å²) in [5.41, 5.74) is 0.884. The van der Waals surface area contributed by atoms with Crippen LogP contribution >= 0.6 is 22.6 Å². The van der Waals surface area contributed by atoms with Crippen LogP contribution in [0.2, 0.25) is 0 Å². The Morgan fingerprint density at radius 3 is 2.91 bits per heavy atom. The van der Waals surface area contributed by atoms with Gasteiger partial charge >= 0.3 is 0 Å². The Balaban J connectivity index is 2.90. The van der Waals surface area contributed by atoms with Gasteiger partial charge in [-0.15, -0.1) is 0 Å². The molecule has 60 valence electrons. The molecule has 0 aliphatic carbocycles. The molecular weight excluding hydrogens is 260 g/mol. The molecule has 0 aromatic carbocycles. The molecule has 1 aromatic heterocycles. The minimum atomic E-state index is -0.476. The quantitative estimate of drug-likeness (QED) is 0.648. The van der Waals surface area contributed by atoms with Gasteiger partial charge in [-0.05, 0) is 34.6 Å². The second-order valence-corrected chi connectivity index (χ2v) is 3.23. The number of hydrogen-bond donors (Lipinski definition) is 1. The van der Waals surface area contributed by atoms with Gasteiger partial charge in [-0.2, -0.15) is 4.39 Å². The average Bonchev–Trinajstić information content (AvgIpc) is 1.95. The second kappa shape index (κ2) is 3.96.